The van der Waals surface area contributed by atoms with E-state index in [1.54, 1.807) is 29.5 Å². The average molecular weight is 770 g/mol. The second-order valence-corrected chi connectivity index (χ2v) is 15.2. The Morgan fingerprint density at radius 1 is 0.981 bits per heavy atom. The monoisotopic (exact) mass is 769 g/mol. The fraction of sp³-hybridized carbons (Fsp3) is 0.368. The zero-order chi connectivity index (χ0) is 38.1. The molecule has 0 bridgehead atoms. The maximum absolute atomic E-state index is 13.3. The second-order valence-electron chi connectivity index (χ2n) is 13.6. The van der Waals surface area contributed by atoms with Crippen molar-refractivity contribution in [3.63, 3.8) is 0 Å². The minimum absolute atomic E-state index is 0.00448. The molecule has 2 aromatic carbocycles. The molecule has 2 atom stereocenters. The summed E-state index contributed by atoms with van der Waals surface area (Å²) in [5, 5.41) is 21.8. The van der Waals surface area contributed by atoms with Crippen LogP contribution in [-0.2, 0) is 25.7 Å². The van der Waals surface area contributed by atoms with Crippen molar-refractivity contribution in [1.29, 1.82) is 0 Å². The number of anilines is 1. The maximum Gasteiger partial charge on any atom is 0.255 e. The number of halogens is 1. The molecule has 0 spiro atoms. The molecule has 2 aromatic heterocycles. The number of amides is 5. The summed E-state index contributed by atoms with van der Waals surface area (Å²) in [6.45, 7) is 7.13. The van der Waals surface area contributed by atoms with Crippen LogP contribution in [0.5, 0.6) is 0 Å². The lowest BCUT2D eigenvalue weighted by Gasteiger charge is -2.29. The predicted molar refractivity (Wildman–Crippen MR) is 204 cm³/mol. The maximum atomic E-state index is 13.3. The van der Waals surface area contributed by atoms with Crippen LogP contribution in [0.15, 0.2) is 47.5 Å². The van der Waals surface area contributed by atoms with Gasteiger partial charge in [0.15, 0.2) is 5.82 Å². The van der Waals surface area contributed by atoms with Crippen molar-refractivity contribution < 1.29 is 24.0 Å². The van der Waals surface area contributed by atoms with Crippen molar-refractivity contribution in [2.24, 2.45) is 4.99 Å². The van der Waals surface area contributed by atoms with Gasteiger partial charge in [-0.05, 0) is 69.9 Å². The number of unbranched alkanes of at least 4 members (excludes halogenated alkanes) is 1. The number of hydrogen-bond donors (Lipinski definition) is 4. The number of hydrogen-bond acceptors (Lipinski definition) is 10. The fourth-order valence-corrected chi connectivity index (χ4v) is 8.42. The molecule has 3 aliphatic rings. The molecule has 7 rings (SSSR count). The molecular formula is C38H40ClN9O5S. The second kappa shape index (κ2) is 15.5. The van der Waals surface area contributed by atoms with E-state index < -0.39 is 18.0 Å². The summed E-state index contributed by atoms with van der Waals surface area (Å²) in [5.41, 5.74) is 5.64. The van der Waals surface area contributed by atoms with E-state index in [9.17, 15) is 24.0 Å². The lowest BCUT2D eigenvalue weighted by atomic mass is 9.99. The third-order valence-electron chi connectivity index (χ3n) is 10.0. The van der Waals surface area contributed by atoms with Gasteiger partial charge in [-0.25, -0.2) is 0 Å². The SMILES string of the molecule is Cc1sc2c(c1C)C(c1ccc(Cl)cc1)=N[C@@H](CC(=O)NCCCCNC(=O)CNc1cccc3c1CN(C1CCC(=O)NC1=O)C3=O)c1nnc(C)n1-2. The lowest BCUT2D eigenvalue weighted by Crippen LogP contribution is -2.52. The Morgan fingerprint density at radius 3 is 2.46 bits per heavy atom. The van der Waals surface area contributed by atoms with Gasteiger partial charge in [0.25, 0.3) is 5.91 Å². The molecule has 5 amide bonds. The normalized spacial score (nSPS) is 17.6. The molecule has 0 aliphatic carbocycles. The summed E-state index contributed by atoms with van der Waals surface area (Å²) < 4.78 is 2.02. The van der Waals surface area contributed by atoms with E-state index in [1.807, 2.05) is 35.8 Å². The summed E-state index contributed by atoms with van der Waals surface area (Å²) in [4.78, 5) is 70.8. The van der Waals surface area contributed by atoms with Crippen molar-refractivity contribution >= 4 is 63.9 Å². The Labute approximate surface area is 320 Å². The molecule has 1 fully saturated rings. The number of thiophene rings is 1. The highest BCUT2D eigenvalue weighted by Gasteiger charge is 2.40. The number of carbonyl (C=O) groups is 5. The number of imide groups is 1. The highest BCUT2D eigenvalue weighted by Crippen LogP contribution is 2.39. The van der Waals surface area contributed by atoms with Crippen LogP contribution in [-0.4, -0.2) is 80.6 Å². The largest absolute Gasteiger partial charge is 0.376 e. The Kier molecular flexibility index (Phi) is 10.6. The average Bonchev–Trinajstić information content (AvgIpc) is 3.76. The van der Waals surface area contributed by atoms with Gasteiger partial charge in [-0.1, -0.05) is 29.8 Å². The van der Waals surface area contributed by atoms with Gasteiger partial charge in [-0.15, -0.1) is 21.5 Å². The number of rotatable bonds is 12. The number of carbonyl (C=O) groups excluding carboxylic acids is 5. The number of nitrogens with zero attached hydrogens (tertiary/aromatic N) is 5. The van der Waals surface area contributed by atoms with Crippen LogP contribution in [0, 0.1) is 20.8 Å². The number of nitrogens with one attached hydrogen (secondary N) is 4. The first-order chi connectivity index (χ1) is 26.0. The van der Waals surface area contributed by atoms with Crippen LogP contribution in [0.4, 0.5) is 5.69 Å². The van der Waals surface area contributed by atoms with Gasteiger partial charge in [0.1, 0.15) is 22.9 Å². The zero-order valence-electron chi connectivity index (χ0n) is 30.1. The molecule has 280 valence electrons. The van der Waals surface area contributed by atoms with Gasteiger partial charge in [0.05, 0.1) is 18.7 Å². The predicted octanol–water partition coefficient (Wildman–Crippen LogP) is 4.08. The summed E-state index contributed by atoms with van der Waals surface area (Å²) in [7, 11) is 0. The topological polar surface area (TPSA) is 180 Å². The number of aryl methyl sites for hydroxylation is 2. The van der Waals surface area contributed by atoms with Gasteiger partial charge in [-0.2, -0.15) is 0 Å². The molecule has 3 aliphatic heterocycles. The van der Waals surface area contributed by atoms with Crippen LogP contribution in [0.3, 0.4) is 0 Å². The highest BCUT2D eigenvalue weighted by molar-refractivity contribution is 7.15. The minimum Gasteiger partial charge on any atom is -0.376 e. The molecule has 5 heterocycles. The Bertz CT molecular complexity index is 2190. The van der Waals surface area contributed by atoms with Crippen LogP contribution in [0.25, 0.3) is 5.00 Å². The smallest absolute Gasteiger partial charge is 0.255 e. The van der Waals surface area contributed by atoms with E-state index in [2.05, 4.69) is 45.3 Å². The molecule has 0 saturated carbocycles. The van der Waals surface area contributed by atoms with Crippen molar-refractivity contribution in [3.05, 3.63) is 91.8 Å². The molecule has 1 unspecified atom stereocenters. The molecule has 4 aromatic rings. The first-order valence-corrected chi connectivity index (χ1v) is 19.1. The van der Waals surface area contributed by atoms with Gasteiger partial charge < -0.3 is 20.9 Å². The summed E-state index contributed by atoms with van der Waals surface area (Å²) >= 11 is 7.87. The van der Waals surface area contributed by atoms with Crippen molar-refractivity contribution in [2.45, 2.75) is 71.5 Å². The van der Waals surface area contributed by atoms with Crippen LogP contribution >= 0.6 is 22.9 Å². The van der Waals surface area contributed by atoms with E-state index in [4.69, 9.17) is 16.6 Å². The third kappa shape index (κ3) is 7.37. The van der Waals surface area contributed by atoms with Crippen LogP contribution < -0.4 is 21.3 Å². The van der Waals surface area contributed by atoms with E-state index in [1.165, 1.54) is 9.78 Å². The standard InChI is InChI=1S/C38H40ClN9O5S/c1-20-21(2)54-38-33(20)34(23-9-11-24(39)12-10-23)43-28(35-46-45-22(3)48(35)38)17-31(50)40-15-4-5-16-41-32(51)18-42-27-8-6-7-25-26(27)19-47(37(25)53)29-13-14-30(49)44-36(29)52/h6-12,28-29,42H,4-5,13-19H2,1-3H3,(H,40,50)(H,41,51)(H,44,49,52)/t28-,29?/m0/s1. The van der Waals surface area contributed by atoms with Gasteiger partial charge in [0.2, 0.25) is 23.6 Å². The summed E-state index contributed by atoms with van der Waals surface area (Å²) in [6, 6.07) is 11.5. The summed E-state index contributed by atoms with van der Waals surface area (Å²) in [6.07, 6.45) is 1.84. The van der Waals surface area contributed by atoms with Gasteiger partial charge in [-0.3, -0.25) is 38.8 Å². The Hall–Kier alpha value is -5.41. The van der Waals surface area contributed by atoms with Gasteiger partial charge >= 0.3 is 0 Å². The minimum atomic E-state index is -0.712. The number of piperidine rings is 1. The number of benzene rings is 2. The number of aliphatic imine (C=N–C) groups is 1. The van der Waals surface area contributed by atoms with E-state index >= 15 is 0 Å². The quantitative estimate of drug-likeness (QED) is 0.123. The fourth-order valence-electron chi connectivity index (χ4n) is 7.08. The van der Waals surface area contributed by atoms with Gasteiger partial charge in [0, 0.05) is 63.9 Å². The molecule has 1 saturated heterocycles. The Balaban J connectivity index is 0.896. The highest BCUT2D eigenvalue weighted by atomic mass is 35.5. The first-order valence-electron chi connectivity index (χ1n) is 17.9. The molecule has 16 heteroatoms. The van der Waals surface area contributed by atoms with Crippen molar-refractivity contribution in [2.75, 3.05) is 25.0 Å². The first kappa shape index (κ1) is 36.9. The van der Waals surface area contributed by atoms with E-state index in [0.29, 0.717) is 53.6 Å². The van der Waals surface area contributed by atoms with Crippen molar-refractivity contribution in [3.8, 4) is 5.00 Å². The van der Waals surface area contributed by atoms with E-state index in [0.717, 1.165) is 33.2 Å². The molecular weight excluding hydrogens is 730 g/mol. The van der Waals surface area contributed by atoms with Crippen LogP contribution in [0.2, 0.25) is 5.02 Å². The number of fused-ring (bicyclic) bond motifs is 4. The third-order valence-corrected chi connectivity index (χ3v) is 11.4. The molecule has 0 radical (unpaired) electrons. The number of aromatic nitrogens is 3. The van der Waals surface area contributed by atoms with Crippen molar-refractivity contribution in [1.82, 2.24) is 35.6 Å². The van der Waals surface area contributed by atoms with E-state index in [-0.39, 0.29) is 56.0 Å². The zero-order valence-corrected chi connectivity index (χ0v) is 31.7. The molecule has 14 nitrogen and oxygen atoms in total. The molecule has 4 N–H and O–H groups in total. The Morgan fingerprint density at radius 2 is 1.72 bits per heavy atom. The lowest BCUT2D eigenvalue weighted by molar-refractivity contribution is -0.137. The van der Waals surface area contributed by atoms with Crippen LogP contribution in [0.1, 0.15) is 87.3 Å². The molecule has 54 heavy (non-hydrogen) atoms. The summed E-state index contributed by atoms with van der Waals surface area (Å²) in [5.74, 6) is -0.127.